The van der Waals surface area contributed by atoms with Gasteiger partial charge in [0.25, 0.3) is 0 Å². The second kappa shape index (κ2) is 20.3. The first-order valence-electron chi connectivity index (χ1n) is 24.6. The van der Waals surface area contributed by atoms with Crippen LogP contribution in [0.3, 0.4) is 0 Å². The van der Waals surface area contributed by atoms with Crippen molar-refractivity contribution in [2.24, 2.45) is 0 Å². The first kappa shape index (κ1) is 44.0. The molecule has 3 heterocycles. The van der Waals surface area contributed by atoms with Gasteiger partial charge in [-0.25, -0.2) is 15.0 Å². The molecule has 328 valence electrons. The first-order valence-corrected chi connectivity index (χ1v) is 24.6. The van der Waals surface area contributed by atoms with Gasteiger partial charge in [-0.15, -0.1) is 0 Å². The van der Waals surface area contributed by atoms with Crippen molar-refractivity contribution >= 4 is 34.0 Å². The fourth-order valence-corrected chi connectivity index (χ4v) is 10.2. The maximum absolute atomic E-state index is 5.41. The summed E-state index contributed by atoms with van der Waals surface area (Å²) in [5, 5.41) is 2.11. The molecule has 4 heteroatoms. The van der Waals surface area contributed by atoms with Gasteiger partial charge >= 0.3 is 0 Å². The number of hydrogen-bond acceptors (Lipinski definition) is 4. The predicted octanol–water partition coefficient (Wildman–Crippen LogP) is 17.1. The molecule has 0 fully saturated rings. The van der Waals surface area contributed by atoms with E-state index in [1.54, 1.807) is 0 Å². The van der Waals surface area contributed by atoms with Crippen LogP contribution in [0.25, 0.3) is 79.1 Å². The summed E-state index contributed by atoms with van der Waals surface area (Å²) in [6.45, 7) is 9.01. The minimum Gasteiger partial charge on any atom is -0.254 e. The zero-order valence-corrected chi connectivity index (χ0v) is 39.0. The van der Waals surface area contributed by atoms with Crippen LogP contribution in [0.2, 0.25) is 0 Å². The monoisotopic (exact) mass is 853 g/mol. The lowest BCUT2D eigenvalue weighted by Crippen LogP contribution is -2.25. The largest absolute Gasteiger partial charge is 0.254 e. The fourth-order valence-electron chi connectivity index (χ4n) is 10.2. The third-order valence-corrected chi connectivity index (χ3v) is 13.9. The summed E-state index contributed by atoms with van der Waals surface area (Å²) in [5.74, 6) is 0.612. The Morgan fingerprint density at radius 2 is 0.985 bits per heavy atom. The van der Waals surface area contributed by atoms with Crippen LogP contribution >= 0.6 is 0 Å². The molecule has 1 aliphatic rings. The summed E-state index contributed by atoms with van der Waals surface area (Å²) in [5.41, 5.74) is 17.2. The van der Waals surface area contributed by atoms with Crippen LogP contribution in [0.4, 0.5) is 0 Å². The molecule has 0 atom stereocenters. The van der Waals surface area contributed by atoms with Crippen LogP contribution in [0.1, 0.15) is 137 Å². The maximum Gasteiger partial charge on any atom is 0.179 e. The number of nitrogens with zero attached hydrogens (tertiary/aromatic N) is 4. The third kappa shape index (κ3) is 9.74. The predicted molar refractivity (Wildman–Crippen MR) is 276 cm³/mol. The molecule has 0 radical (unpaired) electrons. The third-order valence-electron chi connectivity index (χ3n) is 13.9. The van der Waals surface area contributed by atoms with Gasteiger partial charge in [-0.3, -0.25) is 4.98 Å². The van der Waals surface area contributed by atoms with Crippen molar-refractivity contribution in [3.63, 3.8) is 0 Å². The number of hydrogen-bond donors (Lipinski definition) is 0. The first-order chi connectivity index (χ1) is 31.9. The summed E-state index contributed by atoms with van der Waals surface area (Å²) < 4.78 is 0. The molecule has 0 unspecified atom stereocenters. The van der Waals surface area contributed by atoms with E-state index in [1.807, 2.05) is 12.3 Å². The zero-order chi connectivity index (χ0) is 44.6. The lowest BCUT2D eigenvalue weighted by Gasteiger charge is -2.33. The van der Waals surface area contributed by atoms with Gasteiger partial charge in [-0.1, -0.05) is 217 Å². The van der Waals surface area contributed by atoms with Gasteiger partial charge in [-0.2, -0.15) is 0 Å². The molecule has 4 nitrogen and oxygen atoms in total. The Hall–Kier alpha value is -6.26. The van der Waals surface area contributed by atoms with Crippen molar-refractivity contribution in [2.45, 2.75) is 123 Å². The SMILES string of the molecule is CCCCCCCCC1(CCCCCCCC)c2cc(C)ccc2-c2ccc(-c3cc(-c4ccc(/C=C/c5ccc(C)cc5)cc4)nc(-c4ccc5ccc6cccnc6c5n4)n3)cc21. The fraction of sp³-hybridized carbons (Fsp3) is 0.311. The number of pyridine rings is 2. The lowest BCUT2D eigenvalue weighted by atomic mass is 9.70. The van der Waals surface area contributed by atoms with Crippen molar-refractivity contribution < 1.29 is 0 Å². The summed E-state index contributed by atoms with van der Waals surface area (Å²) in [7, 11) is 0. The zero-order valence-electron chi connectivity index (χ0n) is 39.0. The van der Waals surface area contributed by atoms with Gasteiger partial charge < -0.3 is 0 Å². The Kier molecular flexibility index (Phi) is 13.7. The van der Waals surface area contributed by atoms with E-state index in [-0.39, 0.29) is 5.41 Å². The van der Waals surface area contributed by atoms with Crippen LogP contribution in [-0.2, 0) is 5.41 Å². The summed E-state index contributed by atoms with van der Waals surface area (Å²) in [4.78, 5) is 20.7. The Morgan fingerprint density at radius 1 is 0.446 bits per heavy atom. The molecule has 0 amide bonds. The van der Waals surface area contributed by atoms with Crippen molar-refractivity contribution in [3.8, 4) is 45.2 Å². The average molecular weight is 853 g/mol. The second-order valence-electron chi connectivity index (χ2n) is 18.7. The quantitative estimate of drug-likeness (QED) is 0.0462. The van der Waals surface area contributed by atoms with Crippen LogP contribution in [0.5, 0.6) is 0 Å². The van der Waals surface area contributed by atoms with Crippen molar-refractivity contribution in [1.29, 1.82) is 0 Å². The molecule has 3 aromatic heterocycles. The lowest BCUT2D eigenvalue weighted by molar-refractivity contribution is 0.398. The highest BCUT2D eigenvalue weighted by Gasteiger charge is 2.42. The summed E-state index contributed by atoms with van der Waals surface area (Å²) in [6, 6.07) is 46.5. The van der Waals surface area contributed by atoms with Crippen molar-refractivity contribution in [3.05, 3.63) is 167 Å². The number of aromatic nitrogens is 4. The standard InChI is InChI=1S/C61H64N4/c1-5-7-9-11-13-15-37-61(38-16-14-12-10-8-6-2)53-40-44(4)21-34-51(53)52-35-32-50(41-54(52)61)57-42-56(47-28-26-46(27-29-47)25-24-45-22-19-43(3)20-23-45)64-60(65-57)55-36-33-49-31-30-48-18-17-39-62-58(48)59(49)63-55/h17-36,39-42H,5-16,37-38H2,1-4H3/b25-24+. The Bertz CT molecular complexity index is 2910. The highest BCUT2D eigenvalue weighted by molar-refractivity contribution is 6.03. The summed E-state index contributed by atoms with van der Waals surface area (Å²) >= 11 is 0. The van der Waals surface area contributed by atoms with Gasteiger partial charge in [0.15, 0.2) is 5.82 Å². The van der Waals surface area contributed by atoms with Gasteiger partial charge in [-0.05, 0) is 84.3 Å². The Morgan fingerprint density at radius 3 is 1.66 bits per heavy atom. The normalized spacial score (nSPS) is 12.9. The summed E-state index contributed by atoms with van der Waals surface area (Å²) in [6.07, 6.45) is 24.1. The van der Waals surface area contributed by atoms with E-state index in [2.05, 4.69) is 161 Å². The molecule has 0 bridgehead atoms. The number of benzene rings is 5. The van der Waals surface area contributed by atoms with Gasteiger partial charge in [0.1, 0.15) is 5.69 Å². The molecule has 0 N–H and O–H groups in total. The van der Waals surface area contributed by atoms with E-state index in [9.17, 15) is 0 Å². The van der Waals surface area contributed by atoms with Crippen molar-refractivity contribution in [1.82, 2.24) is 19.9 Å². The van der Waals surface area contributed by atoms with E-state index in [4.69, 9.17) is 19.9 Å². The number of fused-ring (bicyclic) bond motifs is 6. The molecular formula is C61H64N4. The van der Waals surface area contributed by atoms with Crippen LogP contribution in [0, 0.1) is 13.8 Å². The van der Waals surface area contributed by atoms with E-state index in [0.717, 1.165) is 55.6 Å². The van der Waals surface area contributed by atoms with Gasteiger partial charge in [0.2, 0.25) is 0 Å². The maximum atomic E-state index is 5.41. The average Bonchev–Trinajstić information content (AvgIpc) is 3.60. The minimum atomic E-state index is -0.0310. The number of rotatable bonds is 19. The van der Waals surface area contributed by atoms with Crippen LogP contribution in [-0.4, -0.2) is 19.9 Å². The smallest absolute Gasteiger partial charge is 0.179 e. The molecule has 5 aromatic carbocycles. The van der Waals surface area contributed by atoms with Crippen molar-refractivity contribution in [2.75, 3.05) is 0 Å². The van der Waals surface area contributed by atoms with Crippen LogP contribution in [0.15, 0.2) is 134 Å². The van der Waals surface area contributed by atoms with E-state index in [0.29, 0.717) is 5.82 Å². The van der Waals surface area contributed by atoms with E-state index >= 15 is 0 Å². The number of unbranched alkanes of at least 4 members (excludes halogenated alkanes) is 10. The molecule has 0 saturated heterocycles. The molecule has 8 aromatic rings. The highest BCUT2D eigenvalue weighted by atomic mass is 14.9. The molecule has 0 saturated carbocycles. The number of aryl methyl sites for hydroxylation is 2. The molecule has 1 aliphatic carbocycles. The minimum absolute atomic E-state index is 0.0310. The van der Waals surface area contributed by atoms with Gasteiger partial charge in [0, 0.05) is 33.5 Å². The Balaban J connectivity index is 1.14. The molecule has 0 aliphatic heterocycles. The molecule has 0 spiro atoms. The molecule has 9 rings (SSSR count). The topological polar surface area (TPSA) is 51.6 Å². The van der Waals surface area contributed by atoms with Gasteiger partial charge in [0.05, 0.1) is 22.4 Å². The highest BCUT2D eigenvalue weighted by Crippen LogP contribution is 2.55. The van der Waals surface area contributed by atoms with Crippen LogP contribution < -0.4 is 0 Å². The second-order valence-corrected chi connectivity index (χ2v) is 18.7. The Labute approximate surface area is 387 Å². The molecule has 65 heavy (non-hydrogen) atoms. The molecular weight excluding hydrogens is 789 g/mol. The van der Waals surface area contributed by atoms with E-state index < -0.39 is 0 Å². The van der Waals surface area contributed by atoms with E-state index in [1.165, 1.54) is 129 Å².